The molecule has 0 radical (unpaired) electrons. The van der Waals surface area contributed by atoms with Crippen molar-refractivity contribution in [2.75, 3.05) is 19.0 Å². The molecule has 10 heteroatoms. The zero-order valence-corrected chi connectivity index (χ0v) is 22.8. The highest BCUT2D eigenvalue weighted by atomic mass is 35.5. The predicted molar refractivity (Wildman–Crippen MR) is 150 cm³/mol. The van der Waals surface area contributed by atoms with Crippen LogP contribution in [0.1, 0.15) is 31.0 Å². The van der Waals surface area contributed by atoms with Crippen molar-refractivity contribution in [2.24, 2.45) is 4.99 Å². The number of methoxy groups -OCH3 is 1. The number of aromatic nitrogens is 1. The van der Waals surface area contributed by atoms with Crippen molar-refractivity contribution in [2.45, 2.75) is 19.9 Å². The molecular weight excluding hydrogens is 538 g/mol. The third-order valence-electron chi connectivity index (χ3n) is 6.87. The molecule has 4 aromatic rings. The molecule has 0 spiro atoms. The number of thiazole rings is 1. The Morgan fingerprint density at radius 1 is 1.15 bits per heavy atom. The van der Waals surface area contributed by atoms with E-state index in [1.165, 1.54) is 4.57 Å². The lowest BCUT2D eigenvalue weighted by molar-refractivity contribution is -0.139. The molecule has 0 bridgehead atoms. The number of amides is 1. The zero-order chi connectivity index (χ0) is 27.4. The number of rotatable bonds is 4. The standard InChI is InChI=1S/C29H22ClN3O5S/c1-4-38-28(36)21-14(2)31-29-33(24(21)22-17-8-6-5-7-15(17)9-12-20(22)37-3)27(35)25(39-29)23-18-13-16(30)10-11-19(18)32-26(23)34/h5-13,24H,4H2,1-3H3,(H,32,34)/b25-23-/t24-/m1/s1. The largest absolute Gasteiger partial charge is 0.496 e. The lowest BCUT2D eigenvalue weighted by Crippen LogP contribution is -2.40. The van der Waals surface area contributed by atoms with E-state index in [2.05, 4.69) is 10.3 Å². The number of allylic oxidation sites excluding steroid dienone is 1. The van der Waals surface area contributed by atoms with Crippen LogP contribution in [0.4, 0.5) is 5.69 Å². The van der Waals surface area contributed by atoms with Gasteiger partial charge in [0.15, 0.2) is 4.80 Å². The molecule has 1 N–H and O–H groups in total. The summed E-state index contributed by atoms with van der Waals surface area (Å²) in [5.41, 5.74) is 2.16. The summed E-state index contributed by atoms with van der Waals surface area (Å²) in [5.74, 6) is -0.477. The van der Waals surface area contributed by atoms with E-state index in [9.17, 15) is 14.4 Å². The minimum atomic E-state index is -0.904. The number of nitrogens with zero attached hydrogens (tertiary/aromatic N) is 2. The third kappa shape index (κ3) is 3.88. The van der Waals surface area contributed by atoms with Gasteiger partial charge in [-0.2, -0.15) is 0 Å². The van der Waals surface area contributed by atoms with E-state index in [-0.39, 0.29) is 22.3 Å². The normalized spacial score (nSPS) is 17.4. The van der Waals surface area contributed by atoms with Gasteiger partial charge in [0.1, 0.15) is 16.3 Å². The minimum absolute atomic E-state index is 0.154. The summed E-state index contributed by atoms with van der Waals surface area (Å²) in [6, 6.07) is 15.5. The Labute approximate surface area is 231 Å². The van der Waals surface area contributed by atoms with Crippen LogP contribution in [-0.2, 0) is 14.3 Å². The molecule has 2 aliphatic heterocycles. The molecule has 1 amide bonds. The maximum Gasteiger partial charge on any atom is 0.338 e. The number of anilines is 1. The van der Waals surface area contributed by atoms with Gasteiger partial charge in [0.2, 0.25) is 0 Å². The van der Waals surface area contributed by atoms with Crippen LogP contribution in [0, 0.1) is 0 Å². The molecule has 0 saturated carbocycles. The predicted octanol–water partition coefficient (Wildman–Crippen LogP) is 3.94. The quantitative estimate of drug-likeness (QED) is 0.382. The Hall–Kier alpha value is -4.21. The molecule has 0 unspecified atom stereocenters. The first kappa shape index (κ1) is 25.1. The number of hydrogen-bond acceptors (Lipinski definition) is 7. The molecule has 1 aromatic heterocycles. The van der Waals surface area contributed by atoms with Crippen LogP contribution in [0.5, 0.6) is 5.75 Å². The third-order valence-corrected chi connectivity index (χ3v) is 8.16. The van der Waals surface area contributed by atoms with Crippen LogP contribution in [0.25, 0.3) is 16.3 Å². The van der Waals surface area contributed by atoms with Crippen molar-refractivity contribution >= 4 is 56.8 Å². The van der Waals surface area contributed by atoms with Crippen molar-refractivity contribution in [3.8, 4) is 5.75 Å². The number of fused-ring (bicyclic) bond motifs is 3. The van der Waals surface area contributed by atoms with Gasteiger partial charge in [-0.15, -0.1) is 0 Å². The summed E-state index contributed by atoms with van der Waals surface area (Å²) in [5, 5.41) is 4.97. The fraction of sp³-hybridized carbons (Fsp3) is 0.172. The van der Waals surface area contributed by atoms with Crippen molar-refractivity contribution in [1.29, 1.82) is 0 Å². The average Bonchev–Trinajstić information content (AvgIpc) is 3.41. The molecule has 3 aromatic carbocycles. The highest BCUT2D eigenvalue weighted by Gasteiger charge is 2.37. The van der Waals surface area contributed by atoms with Crippen molar-refractivity contribution < 1.29 is 19.1 Å². The number of carbonyl (C=O) groups is 2. The molecule has 6 rings (SSSR count). The first-order valence-electron chi connectivity index (χ1n) is 12.2. The number of hydrogen-bond donors (Lipinski definition) is 1. The van der Waals surface area contributed by atoms with E-state index in [1.54, 1.807) is 39.2 Å². The Morgan fingerprint density at radius 3 is 2.72 bits per heavy atom. The Balaban J connectivity index is 1.73. The Bertz CT molecular complexity index is 1940. The second kappa shape index (κ2) is 9.52. The average molecular weight is 560 g/mol. The van der Waals surface area contributed by atoms with Crippen LogP contribution in [0.2, 0.25) is 5.02 Å². The molecule has 2 aliphatic rings. The van der Waals surface area contributed by atoms with E-state index in [0.29, 0.717) is 38.1 Å². The minimum Gasteiger partial charge on any atom is -0.496 e. The summed E-state index contributed by atoms with van der Waals surface area (Å²) in [6.07, 6.45) is 0. The Kier molecular flexibility index (Phi) is 6.12. The molecule has 0 aliphatic carbocycles. The molecule has 8 nitrogen and oxygen atoms in total. The number of nitrogens with one attached hydrogen (secondary N) is 1. The monoisotopic (exact) mass is 559 g/mol. The summed E-state index contributed by atoms with van der Waals surface area (Å²) < 4.78 is 12.9. The first-order valence-corrected chi connectivity index (χ1v) is 13.4. The van der Waals surface area contributed by atoms with E-state index >= 15 is 0 Å². The lowest BCUT2D eigenvalue weighted by Gasteiger charge is -2.27. The van der Waals surface area contributed by atoms with E-state index < -0.39 is 23.5 Å². The number of esters is 1. The topological polar surface area (TPSA) is 99.0 Å². The van der Waals surface area contributed by atoms with E-state index in [1.807, 2.05) is 36.4 Å². The molecule has 3 heterocycles. The van der Waals surface area contributed by atoms with Gasteiger partial charge in [0, 0.05) is 21.8 Å². The fourth-order valence-electron chi connectivity index (χ4n) is 5.22. The second-order valence-electron chi connectivity index (χ2n) is 9.04. The van der Waals surface area contributed by atoms with Gasteiger partial charge in [0.05, 0.1) is 30.6 Å². The van der Waals surface area contributed by atoms with Gasteiger partial charge in [-0.25, -0.2) is 9.79 Å². The van der Waals surface area contributed by atoms with Crippen LogP contribution in [-0.4, -0.2) is 30.2 Å². The zero-order valence-electron chi connectivity index (χ0n) is 21.2. The van der Waals surface area contributed by atoms with Crippen LogP contribution in [0.3, 0.4) is 0 Å². The second-order valence-corrected chi connectivity index (χ2v) is 10.5. The molecule has 39 heavy (non-hydrogen) atoms. The van der Waals surface area contributed by atoms with E-state index in [0.717, 1.165) is 22.1 Å². The fourth-order valence-corrected chi connectivity index (χ4v) is 6.53. The summed E-state index contributed by atoms with van der Waals surface area (Å²) >= 11 is 7.33. The number of ether oxygens (including phenoxy) is 2. The molecule has 0 fully saturated rings. The number of benzene rings is 3. The van der Waals surface area contributed by atoms with Gasteiger partial charge < -0.3 is 14.8 Å². The van der Waals surface area contributed by atoms with Gasteiger partial charge in [-0.3, -0.25) is 14.2 Å². The SMILES string of the molecule is CCOC(=O)C1=C(C)N=c2s/c(=C3\C(=O)Nc4ccc(Cl)cc43)c(=O)n2[C@H]1c1c(OC)ccc2ccccc12. The van der Waals surface area contributed by atoms with Crippen molar-refractivity contribution in [3.63, 3.8) is 0 Å². The summed E-state index contributed by atoms with van der Waals surface area (Å²) in [7, 11) is 1.55. The highest BCUT2D eigenvalue weighted by molar-refractivity contribution is 7.07. The van der Waals surface area contributed by atoms with Gasteiger partial charge in [-0.1, -0.05) is 53.3 Å². The summed E-state index contributed by atoms with van der Waals surface area (Å²) in [6.45, 7) is 3.59. The summed E-state index contributed by atoms with van der Waals surface area (Å²) in [4.78, 5) is 45.7. The Morgan fingerprint density at radius 2 is 1.95 bits per heavy atom. The molecule has 0 saturated heterocycles. The molecular formula is C29H22ClN3O5S. The smallest absolute Gasteiger partial charge is 0.338 e. The van der Waals surface area contributed by atoms with Crippen molar-refractivity contribution in [3.05, 3.63) is 102 Å². The van der Waals surface area contributed by atoms with Crippen LogP contribution < -0.4 is 24.9 Å². The molecule has 1 atom stereocenters. The lowest BCUT2D eigenvalue weighted by atomic mass is 9.90. The maximum atomic E-state index is 14.3. The van der Waals surface area contributed by atoms with E-state index in [4.69, 9.17) is 21.1 Å². The number of halogens is 1. The first-order chi connectivity index (χ1) is 18.8. The van der Waals surface area contributed by atoms with Gasteiger partial charge >= 0.3 is 5.97 Å². The number of carbonyl (C=O) groups excluding carboxylic acids is 2. The van der Waals surface area contributed by atoms with Crippen LogP contribution in [0.15, 0.2) is 75.7 Å². The maximum absolute atomic E-state index is 14.3. The molecule has 196 valence electrons. The van der Waals surface area contributed by atoms with Crippen molar-refractivity contribution in [1.82, 2.24) is 4.57 Å². The highest BCUT2D eigenvalue weighted by Crippen LogP contribution is 2.40. The van der Waals surface area contributed by atoms with Gasteiger partial charge in [-0.05, 0) is 48.9 Å². The van der Waals surface area contributed by atoms with Gasteiger partial charge in [0.25, 0.3) is 11.5 Å². The van der Waals surface area contributed by atoms with Crippen LogP contribution >= 0.6 is 22.9 Å².